The van der Waals surface area contributed by atoms with Gasteiger partial charge in [0, 0.05) is 18.7 Å². The van der Waals surface area contributed by atoms with Gasteiger partial charge in [0.1, 0.15) is 0 Å². The van der Waals surface area contributed by atoms with Crippen molar-refractivity contribution in [3.05, 3.63) is 27.7 Å². The fraction of sp³-hybridized carbons (Fsp3) is 0.500. The molecule has 0 aromatic heterocycles. The van der Waals surface area contributed by atoms with Gasteiger partial charge in [0.05, 0.1) is 17.2 Å². The van der Waals surface area contributed by atoms with E-state index in [4.69, 9.17) is 33.0 Å². The number of benzene rings is 1. The van der Waals surface area contributed by atoms with Crippen molar-refractivity contribution < 1.29 is 14.6 Å². The summed E-state index contributed by atoms with van der Waals surface area (Å²) < 4.78 is 5.03. The standard InChI is InChI=1S/C14H19Cl2NO3/c1-20-13-11(15)8-10(9-12(13)16)14(19)17-6-4-2-3-5-7-18/h8-9,18H,2-7H2,1H3,(H,17,19). The molecule has 0 saturated heterocycles. The third kappa shape index (κ3) is 5.19. The van der Waals surface area contributed by atoms with E-state index in [0.29, 0.717) is 27.9 Å². The number of rotatable bonds is 8. The average molecular weight is 320 g/mol. The number of unbranched alkanes of at least 4 members (excludes halogenated alkanes) is 3. The molecule has 0 aliphatic carbocycles. The Kier molecular flexibility index (Phi) is 7.73. The minimum absolute atomic E-state index is 0.210. The maximum atomic E-state index is 11.9. The molecule has 0 spiro atoms. The summed E-state index contributed by atoms with van der Waals surface area (Å²) in [5, 5.41) is 12.1. The third-order valence-electron chi connectivity index (χ3n) is 2.84. The Morgan fingerprint density at radius 2 is 1.80 bits per heavy atom. The summed E-state index contributed by atoms with van der Waals surface area (Å²) in [5.41, 5.74) is 0.413. The first-order chi connectivity index (χ1) is 9.60. The molecule has 1 aromatic rings. The van der Waals surface area contributed by atoms with Crippen molar-refractivity contribution in [2.75, 3.05) is 20.3 Å². The Hall–Kier alpha value is -0.970. The van der Waals surface area contributed by atoms with E-state index < -0.39 is 0 Å². The molecular formula is C14H19Cl2NO3. The normalized spacial score (nSPS) is 10.4. The Balaban J connectivity index is 2.48. The lowest BCUT2D eigenvalue weighted by Gasteiger charge is -2.09. The molecule has 0 fully saturated rings. The summed E-state index contributed by atoms with van der Waals surface area (Å²) in [6.07, 6.45) is 3.62. The predicted molar refractivity (Wildman–Crippen MR) is 80.9 cm³/mol. The van der Waals surface area contributed by atoms with Crippen molar-refractivity contribution >= 4 is 29.1 Å². The van der Waals surface area contributed by atoms with Gasteiger partial charge in [-0.25, -0.2) is 0 Å². The number of methoxy groups -OCH3 is 1. The van der Waals surface area contributed by atoms with Crippen molar-refractivity contribution in [2.24, 2.45) is 0 Å². The molecule has 4 nitrogen and oxygen atoms in total. The summed E-state index contributed by atoms with van der Waals surface area (Å²) in [7, 11) is 1.47. The van der Waals surface area contributed by atoms with Gasteiger partial charge in [-0.05, 0) is 25.0 Å². The van der Waals surface area contributed by atoms with Crippen LogP contribution in [0.3, 0.4) is 0 Å². The number of ether oxygens (including phenoxy) is 1. The fourth-order valence-corrected chi connectivity index (χ4v) is 2.42. The minimum Gasteiger partial charge on any atom is -0.494 e. The lowest BCUT2D eigenvalue weighted by atomic mass is 10.2. The lowest BCUT2D eigenvalue weighted by Crippen LogP contribution is -2.24. The summed E-state index contributed by atoms with van der Waals surface area (Å²) in [6, 6.07) is 3.07. The van der Waals surface area contributed by atoms with Crippen LogP contribution in [0.4, 0.5) is 0 Å². The molecule has 0 saturated carbocycles. The molecule has 112 valence electrons. The number of hydrogen-bond donors (Lipinski definition) is 2. The topological polar surface area (TPSA) is 58.6 Å². The van der Waals surface area contributed by atoms with Crippen molar-refractivity contribution in [3.8, 4) is 5.75 Å². The van der Waals surface area contributed by atoms with Crippen LogP contribution in [0, 0.1) is 0 Å². The average Bonchev–Trinajstić information content (AvgIpc) is 2.42. The van der Waals surface area contributed by atoms with Gasteiger partial charge >= 0.3 is 0 Å². The van der Waals surface area contributed by atoms with Crippen LogP contribution < -0.4 is 10.1 Å². The molecule has 0 atom stereocenters. The molecule has 0 bridgehead atoms. The molecule has 0 heterocycles. The lowest BCUT2D eigenvalue weighted by molar-refractivity contribution is 0.0953. The monoisotopic (exact) mass is 319 g/mol. The van der Waals surface area contributed by atoms with E-state index in [1.54, 1.807) is 0 Å². The molecule has 0 radical (unpaired) electrons. The molecule has 2 N–H and O–H groups in total. The number of hydrogen-bond acceptors (Lipinski definition) is 3. The van der Waals surface area contributed by atoms with Gasteiger partial charge in [0.2, 0.25) is 0 Å². The van der Waals surface area contributed by atoms with Crippen LogP contribution in [0.25, 0.3) is 0 Å². The van der Waals surface area contributed by atoms with Crippen molar-refractivity contribution in [1.82, 2.24) is 5.32 Å². The number of carbonyl (C=O) groups is 1. The van der Waals surface area contributed by atoms with E-state index in [-0.39, 0.29) is 12.5 Å². The molecule has 0 aliphatic heterocycles. The second-order valence-corrected chi connectivity index (χ2v) is 5.18. The van der Waals surface area contributed by atoms with Crippen LogP contribution >= 0.6 is 23.2 Å². The third-order valence-corrected chi connectivity index (χ3v) is 3.40. The summed E-state index contributed by atoms with van der Waals surface area (Å²) >= 11 is 12.0. The summed E-state index contributed by atoms with van der Waals surface area (Å²) in [4.78, 5) is 11.9. The molecule has 1 amide bonds. The zero-order valence-corrected chi connectivity index (χ0v) is 12.9. The molecule has 1 aromatic carbocycles. The Labute approximate surface area is 129 Å². The molecule has 0 unspecified atom stereocenters. The second-order valence-electron chi connectivity index (χ2n) is 4.37. The number of amides is 1. The molecule has 0 aliphatic rings. The highest BCUT2D eigenvalue weighted by Crippen LogP contribution is 2.33. The van der Waals surface area contributed by atoms with Crippen LogP contribution in [-0.4, -0.2) is 31.3 Å². The maximum absolute atomic E-state index is 11.9. The first kappa shape index (κ1) is 17.1. The van der Waals surface area contributed by atoms with Crippen molar-refractivity contribution in [3.63, 3.8) is 0 Å². The minimum atomic E-state index is -0.210. The van der Waals surface area contributed by atoms with E-state index in [2.05, 4.69) is 5.32 Å². The second kappa shape index (κ2) is 9.06. The smallest absolute Gasteiger partial charge is 0.251 e. The number of nitrogens with one attached hydrogen (secondary N) is 1. The largest absolute Gasteiger partial charge is 0.494 e. The number of carbonyl (C=O) groups excluding carboxylic acids is 1. The number of aliphatic hydroxyl groups is 1. The van der Waals surface area contributed by atoms with Gasteiger partial charge < -0.3 is 15.2 Å². The SMILES string of the molecule is COc1c(Cl)cc(C(=O)NCCCCCCO)cc1Cl. The van der Waals surface area contributed by atoms with Gasteiger partial charge in [-0.3, -0.25) is 4.79 Å². The molecular weight excluding hydrogens is 301 g/mol. The van der Waals surface area contributed by atoms with Crippen LogP contribution in [0.5, 0.6) is 5.75 Å². The first-order valence-corrected chi connectivity index (χ1v) is 7.27. The van der Waals surface area contributed by atoms with E-state index in [9.17, 15) is 4.79 Å². The van der Waals surface area contributed by atoms with Gasteiger partial charge in [0.15, 0.2) is 5.75 Å². The van der Waals surface area contributed by atoms with Crippen molar-refractivity contribution in [1.29, 1.82) is 0 Å². The highest BCUT2D eigenvalue weighted by atomic mass is 35.5. The van der Waals surface area contributed by atoms with E-state index in [1.165, 1.54) is 19.2 Å². The number of halogens is 2. The van der Waals surface area contributed by atoms with Crippen LogP contribution in [0.1, 0.15) is 36.0 Å². The van der Waals surface area contributed by atoms with Crippen LogP contribution in [0.15, 0.2) is 12.1 Å². The van der Waals surface area contributed by atoms with Gasteiger partial charge in [-0.15, -0.1) is 0 Å². The maximum Gasteiger partial charge on any atom is 0.251 e. The van der Waals surface area contributed by atoms with E-state index in [0.717, 1.165) is 25.7 Å². The van der Waals surface area contributed by atoms with Crippen LogP contribution in [0.2, 0.25) is 10.0 Å². The Morgan fingerprint density at radius 1 is 1.20 bits per heavy atom. The molecule has 20 heavy (non-hydrogen) atoms. The van der Waals surface area contributed by atoms with E-state index in [1.807, 2.05) is 0 Å². The van der Waals surface area contributed by atoms with Gasteiger partial charge in [-0.1, -0.05) is 36.0 Å². The Bertz CT molecular complexity index is 429. The fourth-order valence-electron chi connectivity index (χ4n) is 1.78. The zero-order valence-electron chi connectivity index (χ0n) is 11.4. The highest BCUT2D eigenvalue weighted by Gasteiger charge is 2.12. The first-order valence-electron chi connectivity index (χ1n) is 6.52. The number of aliphatic hydroxyl groups excluding tert-OH is 1. The van der Waals surface area contributed by atoms with Crippen molar-refractivity contribution in [2.45, 2.75) is 25.7 Å². The summed E-state index contributed by atoms with van der Waals surface area (Å²) in [6.45, 7) is 0.806. The van der Waals surface area contributed by atoms with Gasteiger partial charge in [-0.2, -0.15) is 0 Å². The van der Waals surface area contributed by atoms with E-state index >= 15 is 0 Å². The molecule has 6 heteroatoms. The predicted octanol–water partition coefficient (Wildman–Crippen LogP) is 3.28. The van der Waals surface area contributed by atoms with Gasteiger partial charge in [0.25, 0.3) is 5.91 Å². The van der Waals surface area contributed by atoms with Crippen LogP contribution in [-0.2, 0) is 0 Å². The Morgan fingerprint density at radius 3 is 2.35 bits per heavy atom. The zero-order chi connectivity index (χ0) is 15.0. The quantitative estimate of drug-likeness (QED) is 0.723. The highest BCUT2D eigenvalue weighted by molar-refractivity contribution is 6.37. The summed E-state index contributed by atoms with van der Waals surface area (Å²) in [5.74, 6) is 0.160. The molecule has 1 rings (SSSR count).